The number of hydrogen-bond donors (Lipinski definition) is 0. The number of allylic oxidation sites excluding steroid dienone is 16. The Balaban J connectivity index is 4.08. The fraction of sp³-hybridized carbons (Fsp3) is 0.743. The number of likely N-dealkylation sites (N-methyl/N-ethyl adjacent to an activating group) is 1. The van der Waals surface area contributed by atoms with Crippen LogP contribution >= 0.6 is 7.82 Å². The standard InChI is InChI=1S/C70H124NO8P/c1-6-8-10-12-14-16-18-20-22-24-26-28-30-31-32-33-34-35-36-37-38-39-41-43-45-47-49-51-53-55-57-59-61-63-70(73)79-68(67-78-80(74,75)77-65-64-71(3,4)5)66-76-69(72)62-60-58-56-54-52-50-48-46-44-42-40-29-27-25-23-21-19-17-15-13-11-9-7-2/h8,10,14,16,19-22,25-28,31-32,40,42,68H,6-7,9,11-13,15,17-18,23-24,29-30,33-39,41,43-67H2,1-5H3/b10-8-,16-14-,21-19-,22-20-,27-25-,28-26-,32-31-,42-40-. The van der Waals surface area contributed by atoms with E-state index in [9.17, 15) is 19.0 Å². The van der Waals surface area contributed by atoms with Crippen molar-refractivity contribution in [2.24, 2.45) is 0 Å². The molecule has 0 fully saturated rings. The molecule has 80 heavy (non-hydrogen) atoms. The summed E-state index contributed by atoms with van der Waals surface area (Å²) in [5.41, 5.74) is 0. The van der Waals surface area contributed by atoms with Crippen molar-refractivity contribution in [1.29, 1.82) is 0 Å². The number of esters is 2. The van der Waals surface area contributed by atoms with Gasteiger partial charge in [-0.15, -0.1) is 0 Å². The predicted molar refractivity (Wildman–Crippen MR) is 342 cm³/mol. The van der Waals surface area contributed by atoms with Crippen molar-refractivity contribution in [1.82, 2.24) is 0 Å². The second kappa shape index (κ2) is 60.5. The minimum atomic E-state index is -4.65. The SMILES string of the molecule is CC/C=C\C/C=C\C/C=C\C/C=C\C/C=C\CCCCCCCCCCCCCCCCCCCC(=O)OC(COC(=O)CCCCCCCCCC/C=C\C/C=C\C/C=C\CCCCCCC)COP(=O)([O-])OCC[N+](C)(C)C. The molecule has 0 aliphatic rings. The number of rotatable bonds is 60. The van der Waals surface area contributed by atoms with Gasteiger partial charge < -0.3 is 27.9 Å². The van der Waals surface area contributed by atoms with E-state index in [1.807, 2.05) is 21.1 Å². The maximum absolute atomic E-state index is 12.8. The van der Waals surface area contributed by atoms with E-state index in [1.54, 1.807) is 0 Å². The molecule has 0 amide bonds. The molecule has 9 nitrogen and oxygen atoms in total. The maximum Gasteiger partial charge on any atom is 0.306 e. The molecule has 0 bridgehead atoms. The minimum Gasteiger partial charge on any atom is -0.756 e. The van der Waals surface area contributed by atoms with Crippen LogP contribution in [-0.4, -0.2) is 70.0 Å². The van der Waals surface area contributed by atoms with Crippen LogP contribution in [-0.2, 0) is 32.7 Å². The van der Waals surface area contributed by atoms with E-state index in [0.717, 1.165) is 96.3 Å². The zero-order chi connectivity index (χ0) is 58.4. The number of nitrogens with zero attached hydrogens (tertiary/aromatic N) is 1. The molecule has 0 saturated carbocycles. The van der Waals surface area contributed by atoms with Gasteiger partial charge in [-0.25, -0.2) is 0 Å². The number of carbonyl (C=O) groups excluding carboxylic acids is 2. The summed E-state index contributed by atoms with van der Waals surface area (Å²) in [6.45, 7) is 4.13. The third-order valence-corrected chi connectivity index (χ3v) is 15.1. The lowest BCUT2D eigenvalue weighted by atomic mass is 10.0. The van der Waals surface area contributed by atoms with Gasteiger partial charge in [0.25, 0.3) is 7.82 Å². The van der Waals surface area contributed by atoms with Crippen molar-refractivity contribution >= 4 is 19.8 Å². The van der Waals surface area contributed by atoms with E-state index in [0.29, 0.717) is 17.4 Å². The first-order valence-electron chi connectivity index (χ1n) is 32.9. The third-order valence-electron chi connectivity index (χ3n) is 14.1. The van der Waals surface area contributed by atoms with Crippen molar-refractivity contribution in [3.63, 3.8) is 0 Å². The Morgan fingerprint density at radius 1 is 0.400 bits per heavy atom. The molecule has 0 aliphatic heterocycles. The number of phosphoric acid groups is 1. The summed E-state index contributed by atoms with van der Waals surface area (Å²) in [7, 11) is 1.16. The smallest absolute Gasteiger partial charge is 0.306 e. The van der Waals surface area contributed by atoms with Crippen LogP contribution in [0.15, 0.2) is 97.2 Å². The Labute approximate surface area is 493 Å². The first-order chi connectivity index (χ1) is 39.0. The second-order valence-electron chi connectivity index (χ2n) is 23.1. The largest absolute Gasteiger partial charge is 0.756 e. The molecule has 0 aliphatic carbocycles. The monoisotopic (exact) mass is 1140 g/mol. The van der Waals surface area contributed by atoms with Gasteiger partial charge in [0.15, 0.2) is 6.10 Å². The summed E-state index contributed by atoms with van der Waals surface area (Å²) < 4.78 is 34.3. The molecule has 0 aromatic carbocycles. The third kappa shape index (κ3) is 64.1. The fourth-order valence-electron chi connectivity index (χ4n) is 9.04. The van der Waals surface area contributed by atoms with Crippen LogP contribution in [0.4, 0.5) is 0 Å². The molecule has 0 heterocycles. The van der Waals surface area contributed by atoms with Gasteiger partial charge in [-0.1, -0.05) is 272 Å². The van der Waals surface area contributed by atoms with Gasteiger partial charge in [0.2, 0.25) is 0 Å². The van der Waals surface area contributed by atoms with Gasteiger partial charge in [0.1, 0.15) is 19.8 Å². The molecule has 462 valence electrons. The molecule has 0 radical (unpaired) electrons. The van der Waals surface area contributed by atoms with E-state index < -0.39 is 26.5 Å². The highest BCUT2D eigenvalue weighted by Crippen LogP contribution is 2.38. The van der Waals surface area contributed by atoms with Crippen LogP contribution < -0.4 is 4.89 Å². The Morgan fingerprint density at radius 2 is 0.713 bits per heavy atom. The quantitative estimate of drug-likeness (QED) is 0.0195. The number of unbranched alkanes of at least 4 members (excludes halogenated alkanes) is 30. The van der Waals surface area contributed by atoms with Crippen molar-refractivity contribution < 1.29 is 42.1 Å². The number of phosphoric ester groups is 1. The van der Waals surface area contributed by atoms with Gasteiger partial charge in [-0.2, -0.15) is 0 Å². The number of ether oxygens (including phenoxy) is 2. The van der Waals surface area contributed by atoms with E-state index in [4.69, 9.17) is 18.5 Å². The molecule has 0 rings (SSSR count). The lowest BCUT2D eigenvalue weighted by Crippen LogP contribution is -2.37. The molecule has 0 N–H and O–H groups in total. The first kappa shape index (κ1) is 76.9. The Hall–Kier alpha value is -3.07. The Morgan fingerprint density at radius 3 is 1.06 bits per heavy atom. The number of quaternary nitrogens is 1. The lowest BCUT2D eigenvalue weighted by Gasteiger charge is -2.28. The van der Waals surface area contributed by atoms with Crippen LogP contribution in [0.2, 0.25) is 0 Å². The summed E-state index contributed by atoms with van der Waals surface area (Å²) in [5, 5.41) is 0. The van der Waals surface area contributed by atoms with E-state index in [-0.39, 0.29) is 32.0 Å². The highest BCUT2D eigenvalue weighted by Gasteiger charge is 2.22. The van der Waals surface area contributed by atoms with Crippen LogP contribution in [0.25, 0.3) is 0 Å². The highest BCUT2D eigenvalue weighted by molar-refractivity contribution is 7.45. The molecule has 2 unspecified atom stereocenters. The zero-order valence-corrected chi connectivity index (χ0v) is 53.4. The minimum absolute atomic E-state index is 0.0348. The average Bonchev–Trinajstić information content (AvgIpc) is 3.42. The van der Waals surface area contributed by atoms with Crippen LogP contribution in [0.5, 0.6) is 0 Å². The molecule has 0 aromatic rings. The van der Waals surface area contributed by atoms with Crippen molar-refractivity contribution in [3.8, 4) is 0 Å². The van der Waals surface area contributed by atoms with Gasteiger partial charge in [0, 0.05) is 12.8 Å². The second-order valence-corrected chi connectivity index (χ2v) is 24.5. The lowest BCUT2D eigenvalue weighted by molar-refractivity contribution is -0.870. The summed E-state index contributed by atoms with van der Waals surface area (Å²) in [6, 6.07) is 0. The molecule has 0 aromatic heterocycles. The number of hydrogen-bond acceptors (Lipinski definition) is 8. The van der Waals surface area contributed by atoms with Gasteiger partial charge in [-0.3, -0.25) is 14.2 Å². The van der Waals surface area contributed by atoms with Crippen LogP contribution in [0.3, 0.4) is 0 Å². The predicted octanol–water partition coefficient (Wildman–Crippen LogP) is 20.5. The summed E-state index contributed by atoms with van der Waals surface area (Å²) in [4.78, 5) is 38.0. The van der Waals surface area contributed by atoms with E-state index in [1.165, 1.54) is 154 Å². The Bertz CT molecular complexity index is 1670. The van der Waals surface area contributed by atoms with Gasteiger partial charge in [0.05, 0.1) is 27.7 Å². The van der Waals surface area contributed by atoms with Crippen molar-refractivity contribution in [2.45, 2.75) is 290 Å². The summed E-state index contributed by atoms with van der Waals surface area (Å²) in [6.07, 6.45) is 83.3. The molecule has 0 saturated heterocycles. The topological polar surface area (TPSA) is 111 Å². The Kier molecular flexibility index (Phi) is 58.2. The first-order valence-corrected chi connectivity index (χ1v) is 34.4. The molecular weight excluding hydrogens is 1010 g/mol. The van der Waals surface area contributed by atoms with Gasteiger partial charge in [-0.05, 0) is 96.3 Å². The molecule has 0 spiro atoms. The summed E-state index contributed by atoms with van der Waals surface area (Å²) >= 11 is 0. The van der Waals surface area contributed by atoms with E-state index in [2.05, 4.69) is 111 Å². The normalized spacial score (nSPS) is 13.8. The highest BCUT2D eigenvalue weighted by atomic mass is 31.2. The molecule has 10 heteroatoms. The zero-order valence-electron chi connectivity index (χ0n) is 52.5. The fourth-order valence-corrected chi connectivity index (χ4v) is 9.77. The van der Waals surface area contributed by atoms with Crippen LogP contribution in [0.1, 0.15) is 284 Å². The molecule has 2 atom stereocenters. The van der Waals surface area contributed by atoms with Crippen molar-refractivity contribution in [2.75, 3.05) is 47.5 Å². The van der Waals surface area contributed by atoms with E-state index >= 15 is 0 Å². The van der Waals surface area contributed by atoms with Crippen LogP contribution in [0, 0.1) is 0 Å². The van der Waals surface area contributed by atoms with Crippen molar-refractivity contribution in [3.05, 3.63) is 97.2 Å². The summed E-state index contributed by atoms with van der Waals surface area (Å²) in [5.74, 6) is -0.836. The molecular formula is C70H124NO8P. The van der Waals surface area contributed by atoms with Gasteiger partial charge >= 0.3 is 11.9 Å². The average molecular weight is 1140 g/mol. The number of carbonyl (C=O) groups is 2. The maximum atomic E-state index is 12.8.